The van der Waals surface area contributed by atoms with Crippen molar-refractivity contribution in [2.75, 3.05) is 13.2 Å². The van der Waals surface area contributed by atoms with E-state index in [0.29, 0.717) is 12.8 Å². The molecule has 0 aliphatic carbocycles. The Bertz CT molecular complexity index is 1810. The average Bonchev–Trinajstić information content (AvgIpc) is 3.77. The molecule has 22 nitrogen and oxygen atoms in total. The van der Waals surface area contributed by atoms with Gasteiger partial charge in [-0.15, -0.1) is 0 Å². The number of aliphatic hydroxyl groups is 1. The molecule has 0 spiro atoms. The van der Waals surface area contributed by atoms with Crippen LogP contribution in [0.2, 0.25) is 0 Å². The molecule has 0 bridgehead atoms. The van der Waals surface area contributed by atoms with Gasteiger partial charge in [0.05, 0.1) is 6.61 Å². The summed E-state index contributed by atoms with van der Waals surface area (Å²) < 4.78 is 0. The summed E-state index contributed by atoms with van der Waals surface area (Å²) in [6.45, 7) is 21.4. The van der Waals surface area contributed by atoms with Gasteiger partial charge in [0, 0.05) is 13.0 Å². The normalized spacial score (nSPS) is 17.6. The highest BCUT2D eigenvalue weighted by molar-refractivity contribution is 5.98. The number of nitrogens with zero attached hydrogens (tertiary/aromatic N) is 1. The van der Waals surface area contributed by atoms with Gasteiger partial charge in [-0.2, -0.15) is 0 Å². The summed E-state index contributed by atoms with van der Waals surface area (Å²) in [7, 11) is 0. The quantitative estimate of drug-likeness (QED) is 0.0433. The van der Waals surface area contributed by atoms with Crippen molar-refractivity contribution in [1.29, 1.82) is 0 Å². The molecule has 1 fully saturated rings. The highest BCUT2D eigenvalue weighted by Gasteiger charge is 2.41. The van der Waals surface area contributed by atoms with Crippen molar-refractivity contribution in [3.8, 4) is 0 Å². The first-order chi connectivity index (χ1) is 33.0. The molecule has 1 aliphatic rings. The van der Waals surface area contributed by atoms with E-state index in [1.54, 1.807) is 27.7 Å². The lowest BCUT2D eigenvalue weighted by molar-refractivity contribution is -0.143. The molecule has 1 saturated heterocycles. The fourth-order valence-corrected chi connectivity index (χ4v) is 8.22. The summed E-state index contributed by atoms with van der Waals surface area (Å²) in [4.78, 5) is 136. The predicted molar refractivity (Wildman–Crippen MR) is 266 cm³/mol. The lowest BCUT2D eigenvalue weighted by atomic mass is 9.96. The minimum absolute atomic E-state index is 0.0511. The second-order valence-electron chi connectivity index (χ2n) is 21.2. The molecule has 0 aromatic rings. The molecule has 22 heteroatoms. The summed E-state index contributed by atoms with van der Waals surface area (Å²) >= 11 is 0. The zero-order valence-electron chi connectivity index (χ0n) is 44.2. The zero-order valence-corrected chi connectivity index (χ0v) is 44.2. The van der Waals surface area contributed by atoms with E-state index >= 15 is 0 Å². The minimum atomic E-state index is -1.41. The number of carbonyl (C=O) groups is 10. The van der Waals surface area contributed by atoms with Crippen LogP contribution in [0, 0.1) is 35.5 Å². The van der Waals surface area contributed by atoms with E-state index in [1.807, 2.05) is 55.4 Å². The lowest BCUT2D eigenvalue weighted by Crippen LogP contribution is -2.61. The maximum atomic E-state index is 14.5. The van der Waals surface area contributed by atoms with Gasteiger partial charge in [0.2, 0.25) is 53.2 Å². The average molecular weight is 1010 g/mol. The Morgan fingerprint density at radius 2 is 0.944 bits per heavy atom. The van der Waals surface area contributed by atoms with Crippen LogP contribution in [0.15, 0.2) is 0 Å². The molecule has 0 unspecified atom stereocenters. The number of nitrogens with two attached hydrogens (primary N) is 2. The van der Waals surface area contributed by atoms with Gasteiger partial charge in [-0.25, -0.2) is 4.79 Å². The number of carboxylic acid groups (broad SMARTS) is 1. The van der Waals surface area contributed by atoms with Crippen molar-refractivity contribution in [1.82, 2.24) is 42.1 Å². The van der Waals surface area contributed by atoms with E-state index in [4.69, 9.17) is 11.5 Å². The molecule has 0 radical (unpaired) electrons. The Morgan fingerprint density at radius 3 is 1.38 bits per heavy atom. The van der Waals surface area contributed by atoms with Crippen molar-refractivity contribution < 1.29 is 58.2 Å². The van der Waals surface area contributed by atoms with Gasteiger partial charge in [-0.3, -0.25) is 43.2 Å². The predicted octanol–water partition coefficient (Wildman–Crippen LogP) is 0.317. The van der Waals surface area contributed by atoms with Crippen LogP contribution < -0.4 is 48.7 Å². The molecule has 1 aliphatic heterocycles. The largest absolute Gasteiger partial charge is 0.480 e. The number of likely N-dealkylation sites (tertiary alicyclic amines) is 1. The number of hydrogen-bond acceptors (Lipinski definition) is 12. The number of rotatable bonds is 32. The standard InChI is InChI=1S/C49H88N10O12/c1-13-30(12)40(47(68)57-37(49(70)71)23-29(10)11)58-42(63)32(16-17-39(51)61)52-43(64)35(21-27(6)7)55-46(67)38-15-14-18-59(38)48(69)36(22-28(8)9)56-45(66)34(20-26(4)5)54-44(65)33(19-25(2)3)53-41(62)31(50)24-60/h25-38,40,60H,13-24,50H2,1-12H3,(H2,51,61)(H,52,64)(H,53,62)(H,54,65)(H,55,67)(H,56,66)(H,57,68)(H,58,63)(H,70,71)/t30-,31-,32-,33-,34-,35-,36-,37-,38-,40-/m0/s1. The van der Waals surface area contributed by atoms with Crippen molar-refractivity contribution in [3.05, 3.63) is 0 Å². The van der Waals surface area contributed by atoms with Crippen LogP contribution in [0.1, 0.15) is 147 Å². The Morgan fingerprint density at radius 1 is 0.549 bits per heavy atom. The number of nitrogens with one attached hydrogen (secondary N) is 7. The van der Waals surface area contributed by atoms with Crippen molar-refractivity contribution in [3.63, 3.8) is 0 Å². The Labute approximate surface area is 420 Å². The molecule has 9 amide bonds. The van der Waals surface area contributed by atoms with Gasteiger partial charge < -0.3 is 63.8 Å². The lowest BCUT2D eigenvalue weighted by Gasteiger charge is -2.32. The monoisotopic (exact) mass is 1010 g/mol. The van der Waals surface area contributed by atoms with Gasteiger partial charge in [0.25, 0.3) is 0 Å². The highest BCUT2D eigenvalue weighted by atomic mass is 16.4. The molecule has 1 heterocycles. The minimum Gasteiger partial charge on any atom is -0.480 e. The van der Waals surface area contributed by atoms with Crippen molar-refractivity contribution in [2.45, 2.75) is 202 Å². The third-order valence-corrected chi connectivity index (χ3v) is 12.1. The summed E-state index contributed by atoms with van der Waals surface area (Å²) in [5.74, 6) is -8.58. The SMILES string of the molecule is CC[C@H](C)[C@H](NC(=O)[C@H](CCC(N)=O)NC(=O)[C@H](CC(C)C)NC(=O)[C@@H]1CCCN1C(=O)[C@H](CC(C)C)NC(=O)[C@H](CC(C)C)NC(=O)[C@H](CC(C)C)NC(=O)[C@@H](N)CO)C(=O)N[C@@H](CC(C)C)C(=O)O. The number of aliphatic carboxylic acids is 1. The molecule has 0 saturated carbocycles. The van der Waals surface area contributed by atoms with E-state index in [0.717, 1.165) is 0 Å². The number of amides is 9. The van der Waals surface area contributed by atoms with E-state index < -0.39 is 126 Å². The summed E-state index contributed by atoms with van der Waals surface area (Å²) in [5.41, 5.74) is 11.1. The number of aliphatic hydroxyl groups excluding tert-OH is 1. The third kappa shape index (κ3) is 22.7. The van der Waals surface area contributed by atoms with Gasteiger partial charge in [0.15, 0.2) is 0 Å². The number of hydrogen-bond donors (Lipinski definition) is 11. The summed E-state index contributed by atoms with van der Waals surface area (Å²) in [6.07, 6.45) is 1.26. The molecule has 0 aromatic carbocycles. The van der Waals surface area contributed by atoms with Crippen molar-refractivity contribution >= 4 is 59.1 Å². The van der Waals surface area contributed by atoms with E-state index in [2.05, 4.69) is 37.2 Å². The van der Waals surface area contributed by atoms with Gasteiger partial charge in [-0.1, -0.05) is 89.5 Å². The van der Waals surface area contributed by atoms with Crippen molar-refractivity contribution in [2.24, 2.45) is 47.0 Å². The smallest absolute Gasteiger partial charge is 0.326 e. The fourth-order valence-electron chi connectivity index (χ4n) is 8.22. The van der Waals surface area contributed by atoms with Crippen LogP contribution in [0.25, 0.3) is 0 Å². The summed E-state index contributed by atoms with van der Waals surface area (Å²) in [6, 6.07) is -10.7. The van der Waals surface area contributed by atoms with E-state index in [-0.39, 0.29) is 87.5 Å². The van der Waals surface area contributed by atoms with Crippen LogP contribution in [-0.4, -0.2) is 142 Å². The van der Waals surface area contributed by atoms with Crippen LogP contribution >= 0.6 is 0 Å². The molecule has 71 heavy (non-hydrogen) atoms. The highest BCUT2D eigenvalue weighted by Crippen LogP contribution is 2.22. The Balaban J connectivity index is 3.45. The van der Waals surface area contributed by atoms with Crippen LogP contribution in [0.3, 0.4) is 0 Å². The molecule has 10 atom stereocenters. The molecular weight excluding hydrogens is 921 g/mol. The fraction of sp³-hybridized carbons (Fsp3) is 0.796. The van der Waals surface area contributed by atoms with Crippen LogP contribution in [0.5, 0.6) is 0 Å². The van der Waals surface area contributed by atoms with Gasteiger partial charge in [0.1, 0.15) is 54.4 Å². The molecule has 406 valence electrons. The molecule has 1 rings (SSSR count). The first-order valence-corrected chi connectivity index (χ1v) is 25.3. The third-order valence-electron chi connectivity index (χ3n) is 12.1. The van der Waals surface area contributed by atoms with Crippen LogP contribution in [0.4, 0.5) is 0 Å². The van der Waals surface area contributed by atoms with E-state index in [9.17, 15) is 58.2 Å². The number of carboxylic acids is 1. The topological polar surface area (TPSA) is 351 Å². The van der Waals surface area contributed by atoms with Gasteiger partial charge >= 0.3 is 5.97 Å². The molecular formula is C49H88N10O12. The van der Waals surface area contributed by atoms with Crippen LogP contribution in [-0.2, 0) is 47.9 Å². The molecule has 13 N–H and O–H groups in total. The zero-order chi connectivity index (χ0) is 54.4. The summed E-state index contributed by atoms with van der Waals surface area (Å²) in [5, 5.41) is 37.8. The molecule has 0 aromatic heterocycles. The maximum absolute atomic E-state index is 14.5. The number of primary amides is 1. The Kier molecular flexibility index (Phi) is 27.9. The maximum Gasteiger partial charge on any atom is 0.326 e. The van der Waals surface area contributed by atoms with E-state index in [1.165, 1.54) is 4.90 Å². The first kappa shape index (κ1) is 63.6. The second-order valence-corrected chi connectivity index (χ2v) is 21.2. The second kappa shape index (κ2) is 31.2. The number of carbonyl (C=O) groups excluding carboxylic acids is 9. The van der Waals surface area contributed by atoms with Gasteiger partial charge in [-0.05, 0) is 86.9 Å². The first-order valence-electron chi connectivity index (χ1n) is 25.3. The Hall–Kier alpha value is -5.38.